The lowest BCUT2D eigenvalue weighted by molar-refractivity contribution is 0.122. The molecule has 0 saturated carbocycles. The summed E-state index contributed by atoms with van der Waals surface area (Å²) in [6, 6.07) is 22.8. The highest BCUT2D eigenvalue weighted by Crippen LogP contribution is 2.28. The third-order valence-electron chi connectivity index (χ3n) is 6.05. The average molecular weight is 434 g/mol. The maximum Gasteiger partial charge on any atom is 0.137 e. The van der Waals surface area contributed by atoms with Gasteiger partial charge in [-0.2, -0.15) is 0 Å². The zero-order valence-electron chi connectivity index (χ0n) is 18.1. The number of imidazole rings is 1. The van der Waals surface area contributed by atoms with Crippen molar-refractivity contribution < 1.29 is 4.74 Å². The van der Waals surface area contributed by atoms with Crippen LogP contribution in [0.5, 0.6) is 0 Å². The van der Waals surface area contributed by atoms with Gasteiger partial charge in [-0.15, -0.1) is 0 Å². The first-order valence-corrected chi connectivity index (χ1v) is 11.1. The fourth-order valence-corrected chi connectivity index (χ4v) is 4.27. The van der Waals surface area contributed by atoms with E-state index in [1.165, 1.54) is 0 Å². The van der Waals surface area contributed by atoms with Crippen LogP contribution in [-0.2, 0) is 4.74 Å². The van der Waals surface area contributed by atoms with Crippen molar-refractivity contribution >= 4 is 11.5 Å². The van der Waals surface area contributed by atoms with Crippen LogP contribution in [0.1, 0.15) is 0 Å². The summed E-state index contributed by atoms with van der Waals surface area (Å²) in [5.74, 6) is 0.998. The minimum absolute atomic E-state index is 0.757. The van der Waals surface area contributed by atoms with Gasteiger partial charge < -0.3 is 9.64 Å². The summed E-state index contributed by atoms with van der Waals surface area (Å²) in [6.45, 7) is 3.28. The van der Waals surface area contributed by atoms with Gasteiger partial charge in [0.2, 0.25) is 0 Å². The second-order valence-corrected chi connectivity index (χ2v) is 8.09. The van der Waals surface area contributed by atoms with Crippen molar-refractivity contribution in [3.8, 4) is 33.6 Å². The second-order valence-electron chi connectivity index (χ2n) is 8.09. The lowest BCUT2D eigenvalue weighted by Gasteiger charge is -2.27. The largest absolute Gasteiger partial charge is 0.378 e. The number of hydrogen-bond donors (Lipinski definition) is 0. The predicted octanol–water partition coefficient (Wildman–Crippen LogP) is 4.96. The Morgan fingerprint density at radius 2 is 1.58 bits per heavy atom. The van der Waals surface area contributed by atoms with Gasteiger partial charge >= 0.3 is 0 Å². The highest BCUT2D eigenvalue weighted by atomic mass is 16.5. The fourth-order valence-electron chi connectivity index (χ4n) is 4.27. The number of morpholine rings is 1. The number of nitrogens with zero attached hydrogens (tertiary/aromatic N) is 5. The van der Waals surface area contributed by atoms with E-state index < -0.39 is 0 Å². The molecule has 1 fully saturated rings. The average Bonchev–Trinajstić information content (AvgIpc) is 3.33. The topological polar surface area (TPSA) is 55.5 Å². The van der Waals surface area contributed by atoms with Crippen LogP contribution in [0.2, 0.25) is 0 Å². The van der Waals surface area contributed by atoms with E-state index >= 15 is 0 Å². The van der Waals surface area contributed by atoms with Crippen LogP contribution in [0, 0.1) is 0 Å². The first-order chi connectivity index (χ1) is 16.3. The van der Waals surface area contributed by atoms with Gasteiger partial charge in [0, 0.05) is 48.4 Å². The molecule has 0 atom stereocenters. The predicted molar refractivity (Wildman–Crippen MR) is 130 cm³/mol. The van der Waals surface area contributed by atoms with Gasteiger partial charge in [-0.25, -0.2) is 9.97 Å². The van der Waals surface area contributed by atoms with Crippen molar-refractivity contribution in [3.63, 3.8) is 0 Å². The maximum absolute atomic E-state index is 5.44. The molecule has 5 heterocycles. The van der Waals surface area contributed by atoms with E-state index in [9.17, 15) is 0 Å². The third-order valence-corrected chi connectivity index (χ3v) is 6.05. The van der Waals surface area contributed by atoms with E-state index in [4.69, 9.17) is 4.74 Å². The second kappa shape index (κ2) is 8.48. The van der Waals surface area contributed by atoms with Gasteiger partial charge in [0.1, 0.15) is 11.5 Å². The lowest BCUT2D eigenvalue weighted by atomic mass is 10.1. The van der Waals surface area contributed by atoms with Crippen molar-refractivity contribution in [1.82, 2.24) is 19.4 Å². The van der Waals surface area contributed by atoms with Crippen LogP contribution >= 0.6 is 0 Å². The van der Waals surface area contributed by atoms with Crippen LogP contribution in [0.3, 0.4) is 0 Å². The number of ether oxygens (including phenoxy) is 1. The summed E-state index contributed by atoms with van der Waals surface area (Å²) in [5, 5.41) is 0. The summed E-state index contributed by atoms with van der Waals surface area (Å²) in [5.41, 5.74) is 7.25. The Hall–Kier alpha value is -4.03. The summed E-state index contributed by atoms with van der Waals surface area (Å²) >= 11 is 0. The molecule has 6 heteroatoms. The standard InChI is InChI=1S/C27H23N5O/c1-2-4-20(5-3-1)24-16-22(8-10-28-24)25-19-30-27-17-21(9-11-32(25)27)23-6-7-26(29-18-23)31-12-14-33-15-13-31/h1-11,16-19H,12-15H2. The van der Waals surface area contributed by atoms with Gasteiger partial charge in [-0.1, -0.05) is 30.3 Å². The van der Waals surface area contributed by atoms with Crippen LogP contribution in [-0.4, -0.2) is 45.7 Å². The molecule has 1 saturated heterocycles. The van der Waals surface area contributed by atoms with E-state index in [0.717, 1.165) is 71.4 Å². The maximum atomic E-state index is 5.44. The minimum Gasteiger partial charge on any atom is -0.378 e. The molecular formula is C27H23N5O. The Labute approximate surface area is 192 Å². The highest BCUT2D eigenvalue weighted by molar-refractivity contribution is 5.73. The smallest absolute Gasteiger partial charge is 0.137 e. The van der Waals surface area contributed by atoms with Crippen molar-refractivity contribution in [2.45, 2.75) is 0 Å². The Balaban J connectivity index is 1.30. The molecule has 1 aromatic carbocycles. The molecule has 4 aromatic heterocycles. The lowest BCUT2D eigenvalue weighted by Crippen LogP contribution is -2.36. The van der Waals surface area contributed by atoms with Crippen molar-refractivity contribution in [1.29, 1.82) is 0 Å². The van der Waals surface area contributed by atoms with Gasteiger partial charge in [-0.3, -0.25) is 9.38 Å². The molecule has 162 valence electrons. The number of aromatic nitrogens is 4. The summed E-state index contributed by atoms with van der Waals surface area (Å²) in [6.07, 6.45) is 7.79. The molecule has 0 radical (unpaired) electrons. The van der Waals surface area contributed by atoms with Crippen LogP contribution in [0.25, 0.3) is 39.3 Å². The zero-order chi connectivity index (χ0) is 22.0. The minimum atomic E-state index is 0.757. The number of anilines is 1. The van der Waals surface area contributed by atoms with E-state index in [1.807, 2.05) is 42.9 Å². The van der Waals surface area contributed by atoms with Crippen molar-refractivity contribution in [2.24, 2.45) is 0 Å². The molecule has 0 bridgehead atoms. The van der Waals surface area contributed by atoms with Crippen LogP contribution in [0.4, 0.5) is 5.82 Å². The van der Waals surface area contributed by atoms with Crippen LogP contribution in [0.15, 0.2) is 91.5 Å². The molecule has 0 amide bonds. The summed E-state index contributed by atoms with van der Waals surface area (Å²) < 4.78 is 7.55. The summed E-state index contributed by atoms with van der Waals surface area (Å²) in [7, 11) is 0. The highest BCUT2D eigenvalue weighted by Gasteiger charge is 2.13. The molecule has 1 aliphatic heterocycles. The van der Waals surface area contributed by atoms with Crippen molar-refractivity contribution in [2.75, 3.05) is 31.2 Å². The van der Waals surface area contributed by atoms with E-state index in [2.05, 4.69) is 72.9 Å². The van der Waals surface area contributed by atoms with Crippen LogP contribution < -0.4 is 4.90 Å². The molecule has 0 unspecified atom stereocenters. The summed E-state index contributed by atoms with van der Waals surface area (Å²) in [4.78, 5) is 16.2. The number of benzene rings is 1. The molecule has 1 aliphatic rings. The fraction of sp³-hybridized carbons (Fsp3) is 0.148. The van der Waals surface area contributed by atoms with Gasteiger partial charge in [0.25, 0.3) is 0 Å². The first kappa shape index (κ1) is 19.6. The Bertz CT molecular complexity index is 1390. The van der Waals surface area contributed by atoms with Gasteiger partial charge in [0.15, 0.2) is 0 Å². The van der Waals surface area contributed by atoms with Crippen molar-refractivity contribution in [3.05, 3.63) is 91.5 Å². The zero-order valence-corrected chi connectivity index (χ0v) is 18.1. The molecule has 6 rings (SSSR count). The number of rotatable bonds is 4. The first-order valence-electron chi connectivity index (χ1n) is 11.1. The molecule has 5 aromatic rings. The number of pyridine rings is 3. The molecule has 0 spiro atoms. The normalized spacial score (nSPS) is 14.0. The number of fused-ring (bicyclic) bond motifs is 1. The molecule has 33 heavy (non-hydrogen) atoms. The quantitative estimate of drug-likeness (QED) is 0.401. The van der Waals surface area contributed by atoms with Gasteiger partial charge in [-0.05, 0) is 42.0 Å². The van der Waals surface area contributed by atoms with E-state index in [1.54, 1.807) is 0 Å². The molecule has 0 N–H and O–H groups in total. The monoisotopic (exact) mass is 433 g/mol. The third kappa shape index (κ3) is 3.85. The molecule has 0 aliphatic carbocycles. The van der Waals surface area contributed by atoms with E-state index in [0.29, 0.717) is 0 Å². The molecule has 6 nitrogen and oxygen atoms in total. The van der Waals surface area contributed by atoms with E-state index in [-0.39, 0.29) is 0 Å². The Morgan fingerprint density at radius 3 is 2.39 bits per heavy atom. The SMILES string of the molecule is c1ccc(-c2cc(-c3cnc4cc(-c5ccc(N6CCOCC6)nc5)ccn34)ccn2)cc1. The Kier molecular flexibility index (Phi) is 5.05. The molecular weight excluding hydrogens is 410 g/mol. The number of hydrogen-bond acceptors (Lipinski definition) is 5. The Morgan fingerprint density at radius 1 is 0.697 bits per heavy atom. The van der Waals surface area contributed by atoms with Gasteiger partial charge in [0.05, 0.1) is 30.8 Å².